The fourth-order valence-corrected chi connectivity index (χ4v) is 3.71. The number of methoxy groups -OCH3 is 3. The van der Waals surface area contributed by atoms with E-state index < -0.39 is 0 Å². The average molecular weight is 541 g/mol. The van der Waals surface area contributed by atoms with Crippen LogP contribution in [-0.2, 0) is 6.54 Å². The Hall–Kier alpha value is -2.36. The van der Waals surface area contributed by atoms with E-state index in [2.05, 4.69) is 35.5 Å². The zero-order valence-electron chi connectivity index (χ0n) is 18.9. The van der Waals surface area contributed by atoms with Gasteiger partial charge in [0.25, 0.3) is 0 Å². The van der Waals surface area contributed by atoms with Crippen molar-refractivity contribution in [3.63, 3.8) is 0 Å². The summed E-state index contributed by atoms with van der Waals surface area (Å²) in [5.74, 6) is 3.64. The number of ether oxygens (including phenoxy) is 4. The van der Waals surface area contributed by atoms with Gasteiger partial charge in [0, 0.05) is 31.2 Å². The van der Waals surface area contributed by atoms with Gasteiger partial charge in [-0.05, 0) is 19.9 Å². The number of halogens is 1. The molecule has 0 spiro atoms. The highest BCUT2D eigenvalue weighted by Gasteiger charge is 2.34. The van der Waals surface area contributed by atoms with Crippen molar-refractivity contribution in [1.29, 1.82) is 0 Å². The van der Waals surface area contributed by atoms with Gasteiger partial charge in [0.05, 0.1) is 39.5 Å². The second kappa shape index (κ2) is 10.8. The monoisotopic (exact) mass is 541 g/mol. The molecule has 0 aromatic heterocycles. The van der Waals surface area contributed by atoms with E-state index >= 15 is 0 Å². The van der Waals surface area contributed by atoms with Gasteiger partial charge in [-0.1, -0.05) is 18.2 Å². The summed E-state index contributed by atoms with van der Waals surface area (Å²) in [7, 11) is 6.64. The molecular formula is C23H32IN3O4. The van der Waals surface area contributed by atoms with Gasteiger partial charge in [0.1, 0.15) is 28.6 Å². The van der Waals surface area contributed by atoms with E-state index in [1.54, 1.807) is 28.4 Å². The molecule has 2 N–H and O–H groups in total. The Bertz CT molecular complexity index is 892. The van der Waals surface area contributed by atoms with Crippen LogP contribution in [0.3, 0.4) is 0 Å². The first-order chi connectivity index (χ1) is 14.4. The zero-order chi connectivity index (χ0) is 21.7. The summed E-state index contributed by atoms with van der Waals surface area (Å²) in [5, 5.41) is 6.91. The molecule has 31 heavy (non-hydrogen) atoms. The maximum absolute atomic E-state index is 6.13. The molecular weight excluding hydrogens is 509 g/mol. The normalized spacial score (nSPS) is 16.8. The standard InChI is InChI=1S/C23H31N3O4.HI/c1-23(2)13-18(16-9-7-8-10-19(16)30-23)26-22(24-3)25-14-17-20(28-5)11-15(27-4)12-21(17)29-6;/h7-12,18H,13-14H2,1-6H3,(H2,24,25,26);1H. The fourth-order valence-electron chi connectivity index (χ4n) is 3.71. The zero-order valence-corrected chi connectivity index (χ0v) is 21.3. The van der Waals surface area contributed by atoms with E-state index in [4.69, 9.17) is 18.9 Å². The van der Waals surface area contributed by atoms with Crippen LogP contribution in [0, 0.1) is 0 Å². The molecule has 0 fully saturated rings. The molecule has 1 unspecified atom stereocenters. The summed E-state index contributed by atoms with van der Waals surface area (Å²) in [5.41, 5.74) is 1.74. The van der Waals surface area contributed by atoms with Crippen molar-refractivity contribution in [2.75, 3.05) is 28.4 Å². The number of fused-ring (bicyclic) bond motifs is 1. The highest BCUT2D eigenvalue weighted by molar-refractivity contribution is 14.0. The molecule has 1 atom stereocenters. The highest BCUT2D eigenvalue weighted by Crippen LogP contribution is 2.39. The number of nitrogens with zero attached hydrogens (tertiary/aromatic N) is 1. The first-order valence-corrected chi connectivity index (χ1v) is 9.94. The van der Waals surface area contributed by atoms with E-state index in [9.17, 15) is 0 Å². The first-order valence-electron chi connectivity index (χ1n) is 9.94. The number of hydrogen-bond acceptors (Lipinski definition) is 5. The largest absolute Gasteiger partial charge is 0.496 e. The topological polar surface area (TPSA) is 73.3 Å². The molecule has 3 rings (SSSR count). The first kappa shape index (κ1) is 24.9. The number of rotatable bonds is 6. The third kappa shape index (κ3) is 5.87. The summed E-state index contributed by atoms with van der Waals surface area (Å²) in [4.78, 5) is 4.41. The van der Waals surface area contributed by atoms with Gasteiger partial charge in [0.15, 0.2) is 5.96 Å². The van der Waals surface area contributed by atoms with Crippen molar-refractivity contribution in [3.05, 3.63) is 47.5 Å². The molecule has 0 saturated heterocycles. The molecule has 170 valence electrons. The highest BCUT2D eigenvalue weighted by atomic mass is 127. The Morgan fingerprint density at radius 1 is 1.10 bits per heavy atom. The van der Waals surface area contributed by atoms with Crippen LogP contribution in [0.15, 0.2) is 41.4 Å². The van der Waals surface area contributed by atoms with Crippen LogP contribution in [0.2, 0.25) is 0 Å². The van der Waals surface area contributed by atoms with Crippen LogP contribution < -0.4 is 29.6 Å². The molecule has 7 nitrogen and oxygen atoms in total. The number of benzene rings is 2. The minimum atomic E-state index is -0.271. The molecule has 0 radical (unpaired) electrons. The Labute approximate surface area is 201 Å². The van der Waals surface area contributed by atoms with Crippen molar-refractivity contribution < 1.29 is 18.9 Å². The van der Waals surface area contributed by atoms with Crippen molar-refractivity contribution in [1.82, 2.24) is 10.6 Å². The van der Waals surface area contributed by atoms with E-state index in [0.29, 0.717) is 29.8 Å². The van der Waals surface area contributed by atoms with E-state index in [1.165, 1.54) is 0 Å². The van der Waals surface area contributed by atoms with Gasteiger partial charge in [-0.15, -0.1) is 24.0 Å². The lowest BCUT2D eigenvalue weighted by molar-refractivity contribution is 0.0694. The minimum absolute atomic E-state index is 0. The number of para-hydroxylation sites is 1. The van der Waals surface area contributed by atoms with Crippen LogP contribution in [0.4, 0.5) is 0 Å². The Morgan fingerprint density at radius 3 is 2.32 bits per heavy atom. The molecule has 0 aliphatic carbocycles. The lowest BCUT2D eigenvalue weighted by Crippen LogP contribution is -2.45. The maximum Gasteiger partial charge on any atom is 0.191 e. The quantitative estimate of drug-likeness (QED) is 0.323. The van der Waals surface area contributed by atoms with Crippen LogP contribution in [0.5, 0.6) is 23.0 Å². The Kier molecular flexibility index (Phi) is 8.67. The van der Waals surface area contributed by atoms with E-state index in [0.717, 1.165) is 23.3 Å². The molecule has 8 heteroatoms. The predicted octanol–water partition coefficient (Wildman–Crippen LogP) is 4.30. The van der Waals surface area contributed by atoms with Crippen LogP contribution in [0.25, 0.3) is 0 Å². The molecule has 0 saturated carbocycles. The van der Waals surface area contributed by atoms with E-state index in [-0.39, 0.29) is 35.6 Å². The fraction of sp³-hybridized carbons (Fsp3) is 0.435. The summed E-state index contributed by atoms with van der Waals surface area (Å²) in [6.45, 7) is 4.67. The Morgan fingerprint density at radius 2 is 1.74 bits per heavy atom. The summed E-state index contributed by atoms with van der Waals surface area (Å²) >= 11 is 0. The second-order valence-corrected chi connectivity index (χ2v) is 7.74. The second-order valence-electron chi connectivity index (χ2n) is 7.74. The lowest BCUT2D eigenvalue weighted by Gasteiger charge is -2.38. The molecule has 2 aromatic carbocycles. The molecule has 1 aliphatic rings. The van der Waals surface area contributed by atoms with Gasteiger partial charge >= 0.3 is 0 Å². The molecule has 1 heterocycles. The smallest absolute Gasteiger partial charge is 0.191 e. The van der Waals surface area contributed by atoms with Crippen LogP contribution in [0.1, 0.15) is 37.4 Å². The van der Waals surface area contributed by atoms with Crippen molar-refractivity contribution >= 4 is 29.9 Å². The number of nitrogens with one attached hydrogen (secondary N) is 2. The van der Waals surface area contributed by atoms with Crippen LogP contribution in [-0.4, -0.2) is 39.9 Å². The van der Waals surface area contributed by atoms with Crippen molar-refractivity contribution in [3.8, 4) is 23.0 Å². The van der Waals surface area contributed by atoms with Gasteiger partial charge in [-0.3, -0.25) is 4.99 Å². The van der Waals surface area contributed by atoms with Gasteiger partial charge in [0.2, 0.25) is 0 Å². The SMILES string of the molecule is CN=C(NCc1c(OC)cc(OC)cc1OC)NC1CC(C)(C)Oc2ccccc21.I. The Balaban J connectivity index is 0.00000341. The number of hydrogen-bond donors (Lipinski definition) is 2. The van der Waals surface area contributed by atoms with E-state index in [1.807, 2.05) is 30.3 Å². The van der Waals surface area contributed by atoms with Crippen molar-refractivity contribution in [2.45, 2.75) is 38.5 Å². The van der Waals surface area contributed by atoms with Crippen LogP contribution >= 0.6 is 24.0 Å². The molecule has 2 aromatic rings. The summed E-state index contributed by atoms with van der Waals surface area (Å²) in [6.07, 6.45) is 0.819. The minimum Gasteiger partial charge on any atom is -0.496 e. The molecule has 1 aliphatic heterocycles. The maximum atomic E-state index is 6.13. The summed E-state index contributed by atoms with van der Waals surface area (Å²) in [6, 6.07) is 11.9. The predicted molar refractivity (Wildman–Crippen MR) is 133 cm³/mol. The molecule has 0 bridgehead atoms. The number of guanidine groups is 1. The number of aliphatic imine (C=N–C) groups is 1. The lowest BCUT2D eigenvalue weighted by atomic mass is 9.90. The van der Waals surface area contributed by atoms with Gasteiger partial charge < -0.3 is 29.6 Å². The third-order valence-electron chi connectivity index (χ3n) is 5.16. The molecule has 0 amide bonds. The summed E-state index contributed by atoms with van der Waals surface area (Å²) < 4.78 is 22.5. The van der Waals surface area contributed by atoms with Crippen molar-refractivity contribution in [2.24, 2.45) is 4.99 Å². The third-order valence-corrected chi connectivity index (χ3v) is 5.16. The van der Waals surface area contributed by atoms with Gasteiger partial charge in [-0.25, -0.2) is 0 Å². The van der Waals surface area contributed by atoms with Gasteiger partial charge in [-0.2, -0.15) is 0 Å². The average Bonchev–Trinajstić information content (AvgIpc) is 2.75.